The molecule has 1 aliphatic carbocycles. The van der Waals surface area contributed by atoms with E-state index in [1.165, 1.54) is 45.8 Å². The van der Waals surface area contributed by atoms with E-state index in [0.29, 0.717) is 13.2 Å². The van der Waals surface area contributed by atoms with Crippen LogP contribution in [0.15, 0.2) is 113 Å². The summed E-state index contributed by atoms with van der Waals surface area (Å²) in [6.07, 6.45) is 8.58. The van der Waals surface area contributed by atoms with Crippen LogP contribution >= 0.6 is 0 Å². The minimum atomic E-state index is 0.219. The first-order valence-corrected chi connectivity index (χ1v) is 11.9. The summed E-state index contributed by atoms with van der Waals surface area (Å²) in [5.41, 5.74) is 5.26. The lowest BCUT2D eigenvalue weighted by atomic mass is 9.93. The van der Waals surface area contributed by atoms with Crippen molar-refractivity contribution in [2.75, 3.05) is 13.2 Å². The summed E-state index contributed by atoms with van der Waals surface area (Å²) in [7, 11) is 0. The Bertz CT molecular complexity index is 1270. The Balaban J connectivity index is 0.000000109. The lowest BCUT2D eigenvalue weighted by Crippen LogP contribution is -1.95. The van der Waals surface area contributed by atoms with Crippen molar-refractivity contribution in [2.45, 2.75) is 18.5 Å². The second kappa shape index (κ2) is 11.3. The monoisotopic (exact) mass is 460 g/mol. The number of allylic oxidation sites excluding steroid dienone is 1. The first-order valence-electron chi connectivity index (χ1n) is 11.9. The van der Waals surface area contributed by atoms with Crippen LogP contribution in [0.1, 0.15) is 34.3 Å². The molecule has 0 bridgehead atoms. The number of hydrogen-bond acceptors (Lipinski definition) is 4. The van der Waals surface area contributed by atoms with Gasteiger partial charge in [0.1, 0.15) is 25.3 Å². The number of nitrogens with zero attached hydrogens (tertiary/aromatic N) is 2. The van der Waals surface area contributed by atoms with Crippen molar-refractivity contribution >= 4 is 29.6 Å². The molecule has 4 heteroatoms. The summed E-state index contributed by atoms with van der Waals surface area (Å²) in [6, 6.07) is 33.8. The van der Waals surface area contributed by atoms with Gasteiger partial charge in [0.15, 0.2) is 12.8 Å². The maximum absolute atomic E-state index is 5.02. The van der Waals surface area contributed by atoms with E-state index in [1.807, 2.05) is 36.4 Å². The maximum Gasteiger partial charge on any atom is 0.170 e. The predicted octanol–water partition coefficient (Wildman–Crippen LogP) is 6.98. The second-order valence-corrected chi connectivity index (χ2v) is 8.50. The molecule has 0 fully saturated rings. The minimum absolute atomic E-state index is 0.219. The molecule has 0 N–H and O–H groups in total. The molecule has 0 radical (unpaired) electrons. The molecule has 7 rings (SSSR count). The summed E-state index contributed by atoms with van der Waals surface area (Å²) in [4.78, 5) is 8.32. The second-order valence-electron chi connectivity index (χ2n) is 8.50. The van der Waals surface area contributed by atoms with E-state index in [1.54, 1.807) is 0 Å². The van der Waals surface area contributed by atoms with E-state index in [-0.39, 0.29) is 12.1 Å². The Hall–Kier alpha value is -4.18. The van der Waals surface area contributed by atoms with Crippen LogP contribution in [-0.4, -0.2) is 26.0 Å². The van der Waals surface area contributed by atoms with Gasteiger partial charge in [0.25, 0.3) is 0 Å². The summed E-state index contributed by atoms with van der Waals surface area (Å²) in [5, 5.41) is 2.80. The van der Waals surface area contributed by atoms with Crippen molar-refractivity contribution in [1.29, 1.82) is 0 Å². The highest BCUT2D eigenvalue weighted by atomic mass is 16.5. The molecule has 2 heterocycles. The van der Waals surface area contributed by atoms with E-state index >= 15 is 0 Å². The Labute approximate surface area is 206 Å². The molecule has 2 atom stereocenters. The minimum Gasteiger partial charge on any atom is -0.481 e. The summed E-state index contributed by atoms with van der Waals surface area (Å²) in [5.74, 6) is 0. The smallest absolute Gasteiger partial charge is 0.170 e. The zero-order valence-electron chi connectivity index (χ0n) is 19.5. The van der Waals surface area contributed by atoms with Gasteiger partial charge in [-0.2, -0.15) is 0 Å². The van der Waals surface area contributed by atoms with E-state index in [0.717, 1.165) is 6.42 Å². The quantitative estimate of drug-likeness (QED) is 0.324. The van der Waals surface area contributed by atoms with Gasteiger partial charge in [-0.3, -0.25) is 0 Å². The van der Waals surface area contributed by atoms with Crippen LogP contribution in [0.2, 0.25) is 0 Å². The van der Waals surface area contributed by atoms with Gasteiger partial charge in [0.05, 0.1) is 0 Å². The summed E-state index contributed by atoms with van der Waals surface area (Å²) < 4.78 is 10.0. The molecule has 4 aromatic rings. The molecule has 4 nitrogen and oxygen atoms in total. The van der Waals surface area contributed by atoms with Gasteiger partial charge in [0, 0.05) is 0 Å². The Kier molecular flexibility index (Phi) is 7.30. The van der Waals surface area contributed by atoms with Gasteiger partial charge >= 0.3 is 0 Å². The highest BCUT2D eigenvalue weighted by Crippen LogP contribution is 2.28. The molecule has 174 valence electrons. The number of benzene rings is 4. The Morgan fingerprint density at radius 3 is 1.71 bits per heavy atom. The number of hydrogen-bond donors (Lipinski definition) is 0. The average molecular weight is 461 g/mol. The molecular weight excluding hydrogens is 432 g/mol. The van der Waals surface area contributed by atoms with Crippen LogP contribution in [0.5, 0.6) is 0 Å². The molecule has 2 unspecified atom stereocenters. The predicted molar refractivity (Wildman–Crippen MR) is 144 cm³/mol. The summed E-state index contributed by atoms with van der Waals surface area (Å²) in [6.45, 7) is 1.37. The van der Waals surface area contributed by atoms with Crippen LogP contribution in [0.25, 0.3) is 16.8 Å². The van der Waals surface area contributed by atoms with Gasteiger partial charge in [-0.05, 0) is 39.4 Å². The largest absolute Gasteiger partial charge is 0.481 e. The van der Waals surface area contributed by atoms with Crippen molar-refractivity contribution in [1.82, 2.24) is 0 Å². The van der Waals surface area contributed by atoms with Crippen molar-refractivity contribution < 1.29 is 9.47 Å². The van der Waals surface area contributed by atoms with Crippen molar-refractivity contribution in [3.63, 3.8) is 0 Å². The van der Waals surface area contributed by atoms with Gasteiger partial charge < -0.3 is 9.47 Å². The van der Waals surface area contributed by atoms with E-state index in [4.69, 9.17) is 9.47 Å². The third-order valence-corrected chi connectivity index (χ3v) is 6.17. The topological polar surface area (TPSA) is 43.2 Å². The fourth-order valence-electron chi connectivity index (χ4n) is 4.37. The van der Waals surface area contributed by atoms with Crippen molar-refractivity contribution in [3.8, 4) is 0 Å². The first-order chi connectivity index (χ1) is 17.4. The average Bonchev–Trinajstić information content (AvgIpc) is 3.67. The third kappa shape index (κ3) is 5.67. The van der Waals surface area contributed by atoms with Crippen molar-refractivity contribution in [2.24, 2.45) is 9.98 Å². The highest BCUT2D eigenvalue weighted by molar-refractivity contribution is 5.94. The van der Waals surface area contributed by atoms with Crippen LogP contribution < -0.4 is 0 Å². The van der Waals surface area contributed by atoms with E-state index in [2.05, 4.69) is 82.8 Å². The molecule has 0 saturated carbocycles. The SMILES string of the molecule is C1=Cc2cccc3cccc(c23)C1.C1=NC(c2ccccc2)CO1.C1=NC(c2ccccc2)CO1. The fourth-order valence-corrected chi connectivity index (χ4v) is 4.37. The van der Waals surface area contributed by atoms with Gasteiger partial charge in [-0.15, -0.1) is 0 Å². The Morgan fingerprint density at radius 1 is 0.600 bits per heavy atom. The molecule has 0 spiro atoms. The molecule has 35 heavy (non-hydrogen) atoms. The zero-order chi connectivity index (χ0) is 23.7. The van der Waals surface area contributed by atoms with Crippen LogP contribution in [0.3, 0.4) is 0 Å². The molecule has 3 aliphatic rings. The lowest BCUT2D eigenvalue weighted by molar-refractivity contribution is 0.330. The molecule has 4 aromatic carbocycles. The standard InChI is InChI=1S/C13H10.2C9H9NO/c1-4-10-6-2-8-12-9-3-7-11(5-1)13(10)12;2*1-2-4-8(5-3-1)9-6-11-7-10-9/h1-8H,9H2;2*1-5,7,9H,6H2. The highest BCUT2D eigenvalue weighted by Gasteiger charge is 2.13. The maximum atomic E-state index is 5.02. The zero-order valence-corrected chi connectivity index (χ0v) is 19.5. The number of ether oxygens (including phenoxy) is 2. The Morgan fingerprint density at radius 2 is 1.17 bits per heavy atom. The van der Waals surface area contributed by atoms with Gasteiger partial charge in [0.2, 0.25) is 0 Å². The first kappa shape index (κ1) is 22.6. The van der Waals surface area contributed by atoms with Crippen LogP contribution in [-0.2, 0) is 15.9 Å². The molecular formula is C31H28N2O2. The molecule has 2 aliphatic heterocycles. The third-order valence-electron chi connectivity index (χ3n) is 6.17. The summed E-state index contributed by atoms with van der Waals surface area (Å²) >= 11 is 0. The normalized spacial score (nSPS) is 18.6. The van der Waals surface area contributed by atoms with Gasteiger partial charge in [-0.1, -0.05) is 109 Å². The number of rotatable bonds is 2. The van der Waals surface area contributed by atoms with E-state index in [9.17, 15) is 0 Å². The van der Waals surface area contributed by atoms with Crippen molar-refractivity contribution in [3.05, 3.63) is 125 Å². The molecule has 0 aromatic heterocycles. The van der Waals surface area contributed by atoms with E-state index < -0.39 is 0 Å². The molecule has 0 amide bonds. The lowest BCUT2D eigenvalue weighted by Gasteiger charge is -2.11. The van der Waals surface area contributed by atoms with Crippen LogP contribution in [0.4, 0.5) is 0 Å². The fraction of sp³-hybridized carbons (Fsp3) is 0.161. The number of aliphatic imine (C=N–C) groups is 2. The molecule has 0 saturated heterocycles. The van der Waals surface area contributed by atoms with Crippen LogP contribution in [0, 0.1) is 0 Å². The van der Waals surface area contributed by atoms with Gasteiger partial charge in [-0.25, -0.2) is 9.98 Å².